The minimum absolute atomic E-state index is 0.569. The Morgan fingerprint density at radius 1 is 1.43 bits per heavy atom. The lowest BCUT2D eigenvalue weighted by atomic mass is 10.00. The fourth-order valence-electron chi connectivity index (χ4n) is 2.00. The van der Waals surface area contributed by atoms with Crippen molar-refractivity contribution in [3.8, 4) is 5.75 Å². The molecule has 3 atom stereocenters. The first-order valence-corrected chi connectivity index (χ1v) is 7.72. The maximum atomic E-state index is 12.2. The monoisotopic (exact) mass is 309 g/mol. The van der Waals surface area contributed by atoms with Crippen molar-refractivity contribution in [1.29, 1.82) is 0 Å². The van der Waals surface area contributed by atoms with Crippen LogP contribution >= 0.6 is 0 Å². The Kier molecular flexibility index (Phi) is 4.20. The summed E-state index contributed by atoms with van der Waals surface area (Å²) in [6.07, 6.45) is -0.772. The second-order valence-corrected chi connectivity index (χ2v) is 7.87. The average Bonchev–Trinajstić information content (AvgIpc) is 2.72. The number of carboxylic acid groups (broad SMARTS) is 1. The third kappa shape index (κ3) is 3.16. The van der Waals surface area contributed by atoms with Gasteiger partial charge in [0.25, 0.3) is 0 Å². The van der Waals surface area contributed by atoms with E-state index in [2.05, 4.69) is 11.3 Å². The zero-order valence-corrected chi connectivity index (χ0v) is 13.1. The fourth-order valence-corrected chi connectivity index (χ4v) is 2.81. The van der Waals surface area contributed by atoms with E-state index in [1.54, 1.807) is 26.8 Å². The highest BCUT2D eigenvalue weighted by Crippen LogP contribution is 2.37. The molecule has 0 aliphatic carbocycles. The summed E-state index contributed by atoms with van der Waals surface area (Å²) in [5.74, 6) is -0.520. The summed E-state index contributed by atoms with van der Waals surface area (Å²) in [5, 5.41) is 9.43. The van der Waals surface area contributed by atoms with E-state index in [1.165, 1.54) is 0 Å². The van der Waals surface area contributed by atoms with E-state index in [-0.39, 0.29) is 0 Å². The highest BCUT2D eigenvalue weighted by atomic mass is 32.2. The molecule has 1 aliphatic heterocycles. The fraction of sp³-hybridized carbons (Fsp3) is 0.400. The number of para-hydroxylation sites is 1. The maximum Gasteiger partial charge on any atom is 0.325 e. The van der Waals surface area contributed by atoms with Crippen LogP contribution in [0.3, 0.4) is 0 Å². The Hall–Kier alpha value is -1.66. The van der Waals surface area contributed by atoms with Crippen molar-refractivity contribution >= 4 is 22.5 Å². The number of benzene rings is 1. The standard InChI is InChI=1S/C15H19NO4S/c1-9-10-7-5-6-8-11(10)20-13(9)12(14(17)18)16-21(19)15(2,3)4/h5-8,12-13,16H,1H2,2-4H3,(H,17,18). The molecule has 0 bridgehead atoms. The van der Waals surface area contributed by atoms with Gasteiger partial charge in [0, 0.05) is 5.56 Å². The third-order valence-electron chi connectivity index (χ3n) is 3.19. The van der Waals surface area contributed by atoms with Crippen molar-refractivity contribution in [2.24, 2.45) is 0 Å². The Balaban J connectivity index is 2.24. The molecule has 0 saturated heterocycles. The van der Waals surface area contributed by atoms with Crippen LogP contribution in [0.1, 0.15) is 26.3 Å². The van der Waals surface area contributed by atoms with Crippen molar-refractivity contribution in [1.82, 2.24) is 4.72 Å². The van der Waals surface area contributed by atoms with Crippen molar-refractivity contribution in [2.45, 2.75) is 37.7 Å². The quantitative estimate of drug-likeness (QED) is 0.891. The number of hydrogen-bond donors (Lipinski definition) is 2. The van der Waals surface area contributed by atoms with Gasteiger partial charge in [-0.05, 0) is 32.4 Å². The lowest BCUT2D eigenvalue weighted by molar-refractivity contribution is -0.140. The summed E-state index contributed by atoms with van der Waals surface area (Å²) in [6, 6.07) is 6.12. The molecular weight excluding hydrogens is 290 g/mol. The molecule has 2 N–H and O–H groups in total. The van der Waals surface area contributed by atoms with Crippen LogP contribution in [0.25, 0.3) is 5.57 Å². The predicted octanol–water partition coefficient (Wildman–Crippen LogP) is 1.97. The SMILES string of the molecule is C=C1c2ccccc2OC1C(NS(=O)C(C)(C)C)C(=O)O. The van der Waals surface area contributed by atoms with Crippen LogP contribution in [0, 0.1) is 0 Å². The summed E-state index contributed by atoms with van der Waals surface area (Å²) < 4.78 is 19.9. The zero-order chi connectivity index (χ0) is 15.8. The second kappa shape index (κ2) is 5.61. The van der Waals surface area contributed by atoms with Gasteiger partial charge < -0.3 is 9.84 Å². The van der Waals surface area contributed by atoms with Gasteiger partial charge in [0.2, 0.25) is 0 Å². The van der Waals surface area contributed by atoms with Crippen molar-refractivity contribution in [3.05, 3.63) is 36.4 Å². The molecule has 6 heteroatoms. The number of aliphatic carboxylic acids is 1. The van der Waals surface area contributed by atoms with E-state index in [0.717, 1.165) is 5.56 Å². The van der Waals surface area contributed by atoms with Crippen LogP contribution in [0.4, 0.5) is 0 Å². The van der Waals surface area contributed by atoms with Gasteiger partial charge in [-0.3, -0.25) is 4.79 Å². The molecule has 2 rings (SSSR count). The number of nitrogens with one attached hydrogen (secondary N) is 1. The maximum absolute atomic E-state index is 12.2. The number of rotatable bonds is 4. The molecule has 0 saturated carbocycles. The molecule has 0 aromatic heterocycles. The van der Waals surface area contributed by atoms with Gasteiger partial charge in [-0.15, -0.1) is 0 Å². The summed E-state index contributed by atoms with van der Waals surface area (Å²) >= 11 is 0. The molecule has 114 valence electrons. The smallest absolute Gasteiger partial charge is 0.325 e. The van der Waals surface area contributed by atoms with Crippen molar-refractivity contribution in [2.75, 3.05) is 0 Å². The number of fused-ring (bicyclic) bond motifs is 1. The van der Waals surface area contributed by atoms with Gasteiger partial charge >= 0.3 is 5.97 Å². The number of carbonyl (C=O) groups is 1. The molecular formula is C15H19NO4S. The van der Waals surface area contributed by atoms with E-state index in [9.17, 15) is 14.1 Å². The molecule has 5 nitrogen and oxygen atoms in total. The van der Waals surface area contributed by atoms with Crippen LogP contribution in [0.15, 0.2) is 30.8 Å². The molecule has 0 amide bonds. The van der Waals surface area contributed by atoms with E-state index >= 15 is 0 Å². The topological polar surface area (TPSA) is 75.6 Å². The lowest BCUT2D eigenvalue weighted by Gasteiger charge is -2.25. The Bertz CT molecular complexity index is 606. The Morgan fingerprint density at radius 3 is 2.57 bits per heavy atom. The molecule has 0 radical (unpaired) electrons. The van der Waals surface area contributed by atoms with Gasteiger partial charge in [-0.2, -0.15) is 0 Å². The number of carboxylic acids is 1. The first-order valence-electron chi connectivity index (χ1n) is 6.57. The van der Waals surface area contributed by atoms with Crippen LogP contribution in [0.2, 0.25) is 0 Å². The number of ether oxygens (including phenoxy) is 1. The minimum atomic E-state index is -1.52. The van der Waals surface area contributed by atoms with Crippen molar-refractivity contribution < 1.29 is 18.8 Å². The highest BCUT2D eigenvalue weighted by molar-refractivity contribution is 7.84. The zero-order valence-electron chi connectivity index (χ0n) is 12.3. The Labute approximate surface area is 126 Å². The van der Waals surface area contributed by atoms with Gasteiger partial charge in [0.15, 0.2) is 12.1 Å². The second-order valence-electron chi connectivity index (χ2n) is 5.87. The summed E-state index contributed by atoms with van der Waals surface area (Å²) in [6.45, 7) is 9.24. The Morgan fingerprint density at radius 2 is 2.05 bits per heavy atom. The van der Waals surface area contributed by atoms with Crippen LogP contribution in [-0.4, -0.2) is 32.2 Å². The number of hydrogen-bond acceptors (Lipinski definition) is 3. The molecule has 0 fully saturated rings. The lowest BCUT2D eigenvalue weighted by Crippen LogP contribution is -2.51. The van der Waals surface area contributed by atoms with Crippen molar-refractivity contribution in [3.63, 3.8) is 0 Å². The van der Waals surface area contributed by atoms with E-state index in [1.807, 2.05) is 18.2 Å². The molecule has 1 aliphatic rings. The molecule has 3 unspecified atom stereocenters. The first-order chi connectivity index (χ1) is 9.71. The summed E-state index contributed by atoms with van der Waals surface area (Å²) in [5.41, 5.74) is 1.37. The van der Waals surface area contributed by atoms with Gasteiger partial charge in [-0.25, -0.2) is 8.93 Å². The van der Waals surface area contributed by atoms with Crippen LogP contribution < -0.4 is 9.46 Å². The van der Waals surface area contributed by atoms with Crippen LogP contribution in [0.5, 0.6) is 5.75 Å². The van der Waals surface area contributed by atoms with Gasteiger partial charge in [0.1, 0.15) is 5.75 Å². The first kappa shape index (κ1) is 15.7. The largest absolute Gasteiger partial charge is 0.483 e. The van der Waals surface area contributed by atoms with E-state index in [0.29, 0.717) is 11.3 Å². The minimum Gasteiger partial charge on any atom is -0.483 e. The molecule has 1 heterocycles. The van der Waals surface area contributed by atoms with E-state index < -0.39 is 33.8 Å². The average molecular weight is 309 g/mol. The molecule has 21 heavy (non-hydrogen) atoms. The van der Waals surface area contributed by atoms with Gasteiger partial charge in [0.05, 0.1) is 15.7 Å². The summed E-state index contributed by atoms with van der Waals surface area (Å²) in [7, 11) is -1.52. The molecule has 1 aromatic carbocycles. The normalized spacial score (nSPS) is 20.5. The van der Waals surface area contributed by atoms with Gasteiger partial charge in [-0.1, -0.05) is 24.8 Å². The molecule has 1 aromatic rings. The highest BCUT2D eigenvalue weighted by Gasteiger charge is 2.40. The predicted molar refractivity (Wildman–Crippen MR) is 82.3 cm³/mol. The molecule has 0 spiro atoms. The van der Waals surface area contributed by atoms with Crippen LogP contribution in [-0.2, 0) is 15.8 Å². The third-order valence-corrected chi connectivity index (χ3v) is 4.77. The summed E-state index contributed by atoms with van der Waals surface area (Å²) in [4.78, 5) is 11.5. The van der Waals surface area contributed by atoms with E-state index in [4.69, 9.17) is 4.74 Å².